The molecule has 1 aromatic carbocycles. The van der Waals surface area contributed by atoms with Gasteiger partial charge in [0.15, 0.2) is 11.6 Å². The summed E-state index contributed by atoms with van der Waals surface area (Å²) in [7, 11) is 1.45. The summed E-state index contributed by atoms with van der Waals surface area (Å²) < 4.78 is 20.0. The molecule has 0 radical (unpaired) electrons. The van der Waals surface area contributed by atoms with Gasteiger partial charge in [-0.3, -0.25) is 0 Å². The second-order valence-corrected chi connectivity index (χ2v) is 7.07. The SMILES string of the molecule is COc1ccc(C(C)NC(C)c2cc(Cl)sc2Cl)cc1F. The summed E-state index contributed by atoms with van der Waals surface area (Å²) in [6.07, 6.45) is 0. The van der Waals surface area contributed by atoms with E-state index in [9.17, 15) is 4.39 Å². The topological polar surface area (TPSA) is 21.3 Å². The van der Waals surface area contributed by atoms with E-state index in [4.69, 9.17) is 27.9 Å². The van der Waals surface area contributed by atoms with Crippen LogP contribution in [-0.2, 0) is 0 Å². The number of benzene rings is 1. The molecule has 21 heavy (non-hydrogen) atoms. The highest BCUT2D eigenvalue weighted by atomic mass is 35.5. The maximum Gasteiger partial charge on any atom is 0.165 e. The summed E-state index contributed by atoms with van der Waals surface area (Å²) in [4.78, 5) is 0. The highest BCUT2D eigenvalue weighted by Gasteiger charge is 2.17. The molecule has 0 saturated heterocycles. The predicted octanol–water partition coefficient (Wildman–Crippen LogP) is 5.61. The lowest BCUT2D eigenvalue weighted by molar-refractivity contribution is 0.385. The third kappa shape index (κ3) is 3.89. The number of hydrogen-bond donors (Lipinski definition) is 1. The van der Waals surface area contributed by atoms with Crippen molar-refractivity contribution in [2.75, 3.05) is 7.11 Å². The van der Waals surface area contributed by atoms with Crippen molar-refractivity contribution in [3.8, 4) is 5.75 Å². The van der Waals surface area contributed by atoms with Crippen LogP contribution in [0.15, 0.2) is 24.3 Å². The minimum atomic E-state index is -0.368. The third-order valence-corrected chi connectivity index (χ3v) is 4.84. The molecule has 0 aliphatic rings. The smallest absolute Gasteiger partial charge is 0.165 e. The van der Waals surface area contributed by atoms with E-state index >= 15 is 0 Å². The van der Waals surface area contributed by atoms with Crippen molar-refractivity contribution in [3.63, 3.8) is 0 Å². The number of thiophene rings is 1. The van der Waals surface area contributed by atoms with Gasteiger partial charge in [0.2, 0.25) is 0 Å². The van der Waals surface area contributed by atoms with E-state index in [-0.39, 0.29) is 23.7 Å². The number of nitrogens with one attached hydrogen (secondary N) is 1. The lowest BCUT2D eigenvalue weighted by Crippen LogP contribution is -2.22. The Balaban J connectivity index is 2.12. The zero-order chi connectivity index (χ0) is 15.6. The van der Waals surface area contributed by atoms with E-state index in [1.807, 2.05) is 26.0 Å². The van der Waals surface area contributed by atoms with Gasteiger partial charge >= 0.3 is 0 Å². The number of methoxy groups -OCH3 is 1. The van der Waals surface area contributed by atoms with Crippen molar-refractivity contribution in [1.82, 2.24) is 5.32 Å². The number of halogens is 3. The summed E-state index contributed by atoms with van der Waals surface area (Å²) in [5.74, 6) is -0.125. The van der Waals surface area contributed by atoms with Gasteiger partial charge in [-0.05, 0) is 43.2 Å². The van der Waals surface area contributed by atoms with Crippen LogP contribution in [0, 0.1) is 5.82 Å². The molecule has 0 saturated carbocycles. The molecule has 2 atom stereocenters. The Morgan fingerprint density at radius 2 is 1.90 bits per heavy atom. The van der Waals surface area contributed by atoms with Gasteiger partial charge in [-0.15, -0.1) is 11.3 Å². The molecule has 0 aliphatic carbocycles. The number of ether oxygens (including phenoxy) is 1. The van der Waals surface area contributed by atoms with Gasteiger partial charge in [0.25, 0.3) is 0 Å². The molecular formula is C15H16Cl2FNOS. The molecule has 1 aromatic heterocycles. The molecule has 1 heterocycles. The second-order valence-electron chi connectivity index (χ2n) is 4.78. The fourth-order valence-corrected chi connectivity index (χ4v) is 3.81. The van der Waals surface area contributed by atoms with Gasteiger partial charge in [0.05, 0.1) is 15.8 Å². The monoisotopic (exact) mass is 347 g/mol. The van der Waals surface area contributed by atoms with Crippen LogP contribution in [0.5, 0.6) is 5.75 Å². The van der Waals surface area contributed by atoms with E-state index in [0.717, 1.165) is 11.1 Å². The molecule has 2 rings (SSSR count). The third-order valence-electron chi connectivity index (χ3n) is 3.33. The second kappa shape index (κ2) is 6.97. The molecule has 6 heteroatoms. The largest absolute Gasteiger partial charge is 0.494 e. The van der Waals surface area contributed by atoms with E-state index in [2.05, 4.69) is 5.32 Å². The van der Waals surface area contributed by atoms with Gasteiger partial charge in [0, 0.05) is 12.1 Å². The molecule has 1 N–H and O–H groups in total. The van der Waals surface area contributed by atoms with Crippen molar-refractivity contribution in [3.05, 3.63) is 49.9 Å². The Kier molecular flexibility index (Phi) is 5.49. The van der Waals surface area contributed by atoms with Crippen LogP contribution in [0.1, 0.15) is 37.1 Å². The number of rotatable bonds is 5. The first-order valence-corrected chi connectivity index (χ1v) is 8.03. The fraction of sp³-hybridized carbons (Fsp3) is 0.333. The Bertz CT molecular complexity index is 632. The molecule has 0 fully saturated rings. The maximum atomic E-state index is 13.7. The zero-order valence-corrected chi connectivity index (χ0v) is 14.2. The molecule has 2 nitrogen and oxygen atoms in total. The Morgan fingerprint density at radius 3 is 2.43 bits per heavy atom. The summed E-state index contributed by atoms with van der Waals surface area (Å²) in [5, 5.41) is 3.39. The van der Waals surface area contributed by atoms with Crippen LogP contribution in [0.4, 0.5) is 4.39 Å². The quantitative estimate of drug-likeness (QED) is 0.758. The first kappa shape index (κ1) is 16.6. The summed E-state index contributed by atoms with van der Waals surface area (Å²) in [6, 6.07) is 6.78. The Hall–Kier alpha value is -0.810. The maximum absolute atomic E-state index is 13.7. The van der Waals surface area contributed by atoms with Crippen molar-refractivity contribution >= 4 is 34.5 Å². The minimum absolute atomic E-state index is 0.0152. The highest BCUT2D eigenvalue weighted by Crippen LogP contribution is 2.35. The van der Waals surface area contributed by atoms with Gasteiger partial charge in [0.1, 0.15) is 0 Å². The molecule has 0 bridgehead atoms. The molecule has 0 amide bonds. The highest BCUT2D eigenvalue weighted by molar-refractivity contribution is 7.20. The molecular weight excluding hydrogens is 332 g/mol. The first-order valence-electron chi connectivity index (χ1n) is 6.46. The molecule has 2 aromatic rings. The van der Waals surface area contributed by atoms with Crippen LogP contribution in [0.2, 0.25) is 8.67 Å². The van der Waals surface area contributed by atoms with Crippen molar-refractivity contribution < 1.29 is 9.13 Å². The molecule has 2 unspecified atom stereocenters. The van der Waals surface area contributed by atoms with E-state index < -0.39 is 0 Å². The Labute approximate surface area is 137 Å². The van der Waals surface area contributed by atoms with Crippen LogP contribution in [-0.4, -0.2) is 7.11 Å². The van der Waals surface area contributed by atoms with Crippen molar-refractivity contribution in [2.24, 2.45) is 0 Å². The van der Waals surface area contributed by atoms with Crippen LogP contribution < -0.4 is 10.1 Å². The van der Waals surface area contributed by atoms with Crippen LogP contribution in [0.25, 0.3) is 0 Å². The van der Waals surface area contributed by atoms with Gasteiger partial charge in [-0.2, -0.15) is 0 Å². The minimum Gasteiger partial charge on any atom is -0.494 e. The zero-order valence-electron chi connectivity index (χ0n) is 11.9. The summed E-state index contributed by atoms with van der Waals surface area (Å²) >= 11 is 13.5. The van der Waals surface area contributed by atoms with Crippen molar-refractivity contribution in [2.45, 2.75) is 25.9 Å². The van der Waals surface area contributed by atoms with Gasteiger partial charge in [-0.1, -0.05) is 29.3 Å². The summed E-state index contributed by atoms with van der Waals surface area (Å²) in [6.45, 7) is 3.97. The van der Waals surface area contributed by atoms with Gasteiger partial charge in [-0.25, -0.2) is 4.39 Å². The fourth-order valence-electron chi connectivity index (χ4n) is 2.16. The van der Waals surface area contributed by atoms with E-state index in [0.29, 0.717) is 8.67 Å². The average Bonchev–Trinajstić information content (AvgIpc) is 2.77. The molecule has 0 spiro atoms. The van der Waals surface area contributed by atoms with Crippen LogP contribution in [0.3, 0.4) is 0 Å². The average molecular weight is 348 g/mol. The summed E-state index contributed by atoms with van der Waals surface area (Å²) in [5.41, 5.74) is 1.80. The first-order chi connectivity index (χ1) is 9.92. The van der Waals surface area contributed by atoms with E-state index in [1.165, 1.54) is 24.5 Å². The van der Waals surface area contributed by atoms with Crippen LogP contribution >= 0.6 is 34.5 Å². The molecule has 0 aliphatic heterocycles. The lowest BCUT2D eigenvalue weighted by atomic mass is 10.1. The standard InChI is InChI=1S/C15H16Cl2FNOS/c1-8(10-4-5-13(20-3)12(18)6-10)19-9(2)11-7-14(16)21-15(11)17/h4-9,19H,1-3H3. The van der Waals surface area contributed by atoms with Crippen molar-refractivity contribution in [1.29, 1.82) is 0 Å². The Morgan fingerprint density at radius 1 is 1.19 bits per heavy atom. The van der Waals surface area contributed by atoms with Gasteiger partial charge < -0.3 is 10.1 Å². The normalized spacial score (nSPS) is 14.0. The lowest BCUT2D eigenvalue weighted by Gasteiger charge is -2.20. The predicted molar refractivity (Wildman–Crippen MR) is 87.3 cm³/mol. The number of hydrogen-bond acceptors (Lipinski definition) is 3. The van der Waals surface area contributed by atoms with E-state index in [1.54, 1.807) is 6.07 Å². The molecule has 114 valence electrons.